The largest absolute Gasteiger partial charge is 0.462 e. The van der Waals surface area contributed by atoms with Crippen LogP contribution in [0, 0.1) is 0 Å². The molecule has 71 heavy (non-hydrogen) atoms. The maximum Gasteiger partial charge on any atom is 0.306 e. The second kappa shape index (κ2) is 59.4. The zero-order valence-electron chi connectivity index (χ0n) is 47.0. The highest BCUT2D eigenvalue weighted by atomic mass is 16.6. The molecule has 0 saturated carbocycles. The van der Waals surface area contributed by atoms with Crippen molar-refractivity contribution in [1.29, 1.82) is 0 Å². The molecular weight excluding hydrogens is 877 g/mol. The molecular formula is C65H114O6. The van der Waals surface area contributed by atoms with E-state index in [0.717, 1.165) is 96.3 Å². The second-order valence-electron chi connectivity index (χ2n) is 20.2. The highest BCUT2D eigenvalue weighted by Crippen LogP contribution is 2.16. The summed E-state index contributed by atoms with van der Waals surface area (Å²) in [5.41, 5.74) is 0. The van der Waals surface area contributed by atoms with E-state index in [4.69, 9.17) is 14.2 Å². The standard InChI is InChI=1S/C65H114O6/c1-4-7-10-13-16-19-22-25-28-30-31-32-33-35-37-40-43-46-49-52-55-58-64(67)70-61-62(60-69-63(66)57-54-51-48-45-42-39-36-27-24-21-18-15-12-9-6-3)71-65(68)59-56-53-50-47-44-41-38-34-29-26-23-20-17-14-11-8-5-2/h9,12,18,21,26-27,29,36,38,41,47,50,62H,4-8,10-11,13-17,19-20,22-25,28,30-35,37,39-40,42-46,48-49,51-61H2,1-3H3/b12-9-,21-18-,29-26-,36-27-,41-38-,50-47-/t62-/m1/s1. The van der Waals surface area contributed by atoms with Gasteiger partial charge in [0.2, 0.25) is 0 Å². The Balaban J connectivity index is 4.41. The minimum Gasteiger partial charge on any atom is -0.462 e. The first-order chi connectivity index (χ1) is 35.0. The van der Waals surface area contributed by atoms with Crippen LogP contribution in [0.4, 0.5) is 0 Å². The molecule has 6 nitrogen and oxygen atoms in total. The number of ether oxygens (including phenoxy) is 3. The number of carbonyl (C=O) groups excluding carboxylic acids is 3. The Morgan fingerprint density at radius 2 is 0.563 bits per heavy atom. The maximum atomic E-state index is 12.9. The number of allylic oxidation sites excluding steroid dienone is 12. The first kappa shape index (κ1) is 67.8. The fraction of sp³-hybridized carbons (Fsp3) is 0.769. The first-order valence-electron chi connectivity index (χ1n) is 30.4. The highest BCUT2D eigenvalue weighted by molar-refractivity contribution is 5.71. The van der Waals surface area contributed by atoms with Crippen molar-refractivity contribution in [2.75, 3.05) is 13.2 Å². The van der Waals surface area contributed by atoms with Gasteiger partial charge < -0.3 is 14.2 Å². The Hall–Kier alpha value is -3.15. The number of esters is 3. The van der Waals surface area contributed by atoms with E-state index in [-0.39, 0.29) is 37.5 Å². The molecule has 0 saturated heterocycles. The summed E-state index contributed by atoms with van der Waals surface area (Å²) < 4.78 is 16.8. The summed E-state index contributed by atoms with van der Waals surface area (Å²) in [5, 5.41) is 0. The number of carbonyl (C=O) groups is 3. The topological polar surface area (TPSA) is 78.9 Å². The Labute approximate surface area is 440 Å². The van der Waals surface area contributed by atoms with Crippen LogP contribution in [0.2, 0.25) is 0 Å². The molecule has 0 bridgehead atoms. The molecule has 6 heteroatoms. The summed E-state index contributed by atoms with van der Waals surface area (Å²) in [7, 11) is 0. The van der Waals surface area contributed by atoms with Gasteiger partial charge in [0.1, 0.15) is 13.2 Å². The van der Waals surface area contributed by atoms with Crippen molar-refractivity contribution in [3.8, 4) is 0 Å². The van der Waals surface area contributed by atoms with E-state index >= 15 is 0 Å². The third-order valence-corrected chi connectivity index (χ3v) is 13.2. The average Bonchev–Trinajstić information content (AvgIpc) is 3.37. The van der Waals surface area contributed by atoms with Crippen LogP contribution in [0.1, 0.15) is 303 Å². The number of unbranched alkanes of at least 4 members (excludes halogenated alkanes) is 32. The van der Waals surface area contributed by atoms with E-state index in [2.05, 4.69) is 93.7 Å². The van der Waals surface area contributed by atoms with Gasteiger partial charge in [-0.3, -0.25) is 14.4 Å². The quantitative estimate of drug-likeness (QED) is 0.0261. The van der Waals surface area contributed by atoms with Crippen LogP contribution in [0.25, 0.3) is 0 Å². The van der Waals surface area contributed by atoms with E-state index in [1.54, 1.807) is 0 Å². The Bertz CT molecular complexity index is 1320. The van der Waals surface area contributed by atoms with Gasteiger partial charge in [0, 0.05) is 19.3 Å². The van der Waals surface area contributed by atoms with Crippen LogP contribution < -0.4 is 0 Å². The lowest BCUT2D eigenvalue weighted by atomic mass is 10.0. The molecule has 0 aromatic heterocycles. The van der Waals surface area contributed by atoms with Crippen LogP contribution >= 0.6 is 0 Å². The van der Waals surface area contributed by atoms with Crippen LogP contribution in [0.15, 0.2) is 72.9 Å². The molecule has 410 valence electrons. The van der Waals surface area contributed by atoms with E-state index in [1.807, 2.05) is 0 Å². The van der Waals surface area contributed by atoms with Crippen molar-refractivity contribution in [2.45, 2.75) is 309 Å². The molecule has 0 aromatic carbocycles. The maximum absolute atomic E-state index is 12.9. The van der Waals surface area contributed by atoms with Gasteiger partial charge in [-0.25, -0.2) is 0 Å². The fourth-order valence-corrected chi connectivity index (χ4v) is 8.65. The monoisotopic (exact) mass is 991 g/mol. The minimum absolute atomic E-state index is 0.0986. The fourth-order valence-electron chi connectivity index (χ4n) is 8.65. The van der Waals surface area contributed by atoms with E-state index < -0.39 is 6.10 Å². The third-order valence-electron chi connectivity index (χ3n) is 13.2. The molecule has 0 heterocycles. The third kappa shape index (κ3) is 57.6. The van der Waals surface area contributed by atoms with E-state index in [9.17, 15) is 14.4 Å². The number of rotatable bonds is 55. The van der Waals surface area contributed by atoms with Crippen LogP contribution in [0.5, 0.6) is 0 Å². The van der Waals surface area contributed by atoms with Gasteiger partial charge in [-0.2, -0.15) is 0 Å². The van der Waals surface area contributed by atoms with Crippen molar-refractivity contribution in [2.24, 2.45) is 0 Å². The lowest BCUT2D eigenvalue weighted by molar-refractivity contribution is -0.167. The molecule has 0 amide bonds. The summed E-state index contributed by atoms with van der Waals surface area (Å²) in [6.07, 6.45) is 76.3. The van der Waals surface area contributed by atoms with Gasteiger partial charge in [-0.1, -0.05) is 273 Å². The Morgan fingerprint density at radius 1 is 0.296 bits per heavy atom. The lowest BCUT2D eigenvalue weighted by Crippen LogP contribution is -2.30. The van der Waals surface area contributed by atoms with E-state index in [1.165, 1.54) is 161 Å². The molecule has 0 unspecified atom stereocenters. The lowest BCUT2D eigenvalue weighted by Gasteiger charge is -2.18. The van der Waals surface area contributed by atoms with Crippen LogP contribution in [0.3, 0.4) is 0 Å². The molecule has 0 aliphatic carbocycles. The van der Waals surface area contributed by atoms with Crippen molar-refractivity contribution in [3.05, 3.63) is 72.9 Å². The highest BCUT2D eigenvalue weighted by Gasteiger charge is 2.19. The smallest absolute Gasteiger partial charge is 0.306 e. The molecule has 0 rings (SSSR count). The van der Waals surface area contributed by atoms with Gasteiger partial charge in [-0.05, 0) is 83.5 Å². The van der Waals surface area contributed by atoms with E-state index in [0.29, 0.717) is 19.3 Å². The summed E-state index contributed by atoms with van der Waals surface area (Å²) in [6.45, 7) is 6.50. The molecule has 0 aliphatic rings. The molecule has 0 fully saturated rings. The predicted octanol–water partition coefficient (Wildman–Crippen LogP) is 20.5. The zero-order valence-corrected chi connectivity index (χ0v) is 47.0. The van der Waals surface area contributed by atoms with Gasteiger partial charge in [0.15, 0.2) is 6.10 Å². The van der Waals surface area contributed by atoms with Crippen molar-refractivity contribution in [1.82, 2.24) is 0 Å². The summed E-state index contributed by atoms with van der Waals surface area (Å²) in [6, 6.07) is 0. The van der Waals surface area contributed by atoms with Crippen molar-refractivity contribution >= 4 is 17.9 Å². The van der Waals surface area contributed by atoms with Gasteiger partial charge in [0.25, 0.3) is 0 Å². The van der Waals surface area contributed by atoms with Crippen LogP contribution in [-0.2, 0) is 28.6 Å². The zero-order chi connectivity index (χ0) is 51.4. The molecule has 0 spiro atoms. The van der Waals surface area contributed by atoms with Gasteiger partial charge >= 0.3 is 17.9 Å². The normalized spacial score (nSPS) is 12.5. The van der Waals surface area contributed by atoms with Gasteiger partial charge in [-0.15, -0.1) is 0 Å². The minimum atomic E-state index is -0.808. The first-order valence-corrected chi connectivity index (χ1v) is 30.4. The van der Waals surface area contributed by atoms with Gasteiger partial charge in [0.05, 0.1) is 0 Å². The molecule has 0 aliphatic heterocycles. The molecule has 1 atom stereocenters. The Kier molecular flexibility index (Phi) is 56.8. The predicted molar refractivity (Wildman–Crippen MR) is 307 cm³/mol. The molecule has 0 radical (unpaired) electrons. The van der Waals surface area contributed by atoms with Crippen LogP contribution in [-0.4, -0.2) is 37.2 Å². The van der Waals surface area contributed by atoms with Crippen molar-refractivity contribution in [3.63, 3.8) is 0 Å². The van der Waals surface area contributed by atoms with Crippen molar-refractivity contribution < 1.29 is 28.6 Å². The summed E-state index contributed by atoms with van der Waals surface area (Å²) in [4.78, 5) is 38.2. The number of hydrogen-bond donors (Lipinski definition) is 0. The molecule has 0 aromatic rings. The molecule has 0 N–H and O–H groups in total. The number of hydrogen-bond acceptors (Lipinski definition) is 6. The Morgan fingerprint density at radius 3 is 0.901 bits per heavy atom. The summed E-state index contributed by atoms with van der Waals surface area (Å²) >= 11 is 0. The summed E-state index contributed by atoms with van der Waals surface area (Å²) in [5.74, 6) is -0.957. The second-order valence-corrected chi connectivity index (χ2v) is 20.2. The average molecular weight is 992 g/mol. The SMILES string of the molecule is CC/C=C\C/C=C\C/C=C\CCCCCCCC(=O)OC[C@H](COC(=O)CCCCCCCCCCCCCCCCCCCCCCC)OC(=O)CCC/C=C\C/C=C\C/C=C\CCCCCCCC.